The molecule has 4 unspecified atom stereocenters. The van der Waals surface area contributed by atoms with Crippen molar-refractivity contribution in [1.82, 2.24) is 10.2 Å². The van der Waals surface area contributed by atoms with E-state index in [4.69, 9.17) is 15.6 Å². The summed E-state index contributed by atoms with van der Waals surface area (Å²) in [7, 11) is 0. The Balaban J connectivity index is 0.000000134. The zero-order chi connectivity index (χ0) is 20.4. The number of epoxide rings is 2. The molecule has 27 heavy (non-hydrogen) atoms. The number of nitrogens with zero attached hydrogens (tertiary/aromatic N) is 1. The Morgan fingerprint density at radius 1 is 1.15 bits per heavy atom. The summed E-state index contributed by atoms with van der Waals surface area (Å²) >= 11 is 0. The lowest BCUT2D eigenvalue weighted by Gasteiger charge is -2.27. The van der Waals surface area contributed by atoms with Crippen LogP contribution in [0.15, 0.2) is 0 Å². The van der Waals surface area contributed by atoms with Crippen molar-refractivity contribution >= 4 is 17.9 Å². The number of nitrogens with one attached hydrogen (secondary N) is 1. The van der Waals surface area contributed by atoms with Crippen LogP contribution in [-0.4, -0.2) is 64.9 Å². The second-order valence-electron chi connectivity index (χ2n) is 8.69. The number of imide groups is 1. The molecule has 4 heterocycles. The van der Waals surface area contributed by atoms with E-state index < -0.39 is 11.7 Å². The Kier molecular flexibility index (Phi) is 3.98. The third kappa shape index (κ3) is 3.02. The molecule has 3 amide bonds. The summed E-state index contributed by atoms with van der Waals surface area (Å²) in [5, 5.41) is 2.88. The third-order valence-corrected chi connectivity index (χ3v) is 5.84. The lowest BCUT2D eigenvalue weighted by molar-refractivity contribution is -0.132. The predicted octanol–water partition coefficient (Wildman–Crippen LogP) is 1.22. The second kappa shape index (κ2) is 6.17. The van der Waals surface area contributed by atoms with Crippen LogP contribution in [0.5, 0.6) is 0 Å². The van der Waals surface area contributed by atoms with E-state index in [2.05, 4.69) is 5.32 Å². The van der Waals surface area contributed by atoms with E-state index in [0.29, 0.717) is 25.1 Å². The van der Waals surface area contributed by atoms with Gasteiger partial charge in [-0.05, 0) is 33.6 Å². The fraction of sp³-hybridized carbons (Fsp3) is 0.842. The smallest absolute Gasteiger partial charge is 0.417 e. The van der Waals surface area contributed by atoms with Gasteiger partial charge in [-0.2, -0.15) is 0 Å². The molecule has 6 aliphatic rings. The van der Waals surface area contributed by atoms with Gasteiger partial charge in [0.1, 0.15) is 17.8 Å². The van der Waals surface area contributed by atoms with Crippen LogP contribution < -0.4 is 5.32 Å². The molecule has 0 radical (unpaired) electrons. The topological polar surface area (TPSA) is 101 Å². The Labute approximate surface area is 160 Å². The van der Waals surface area contributed by atoms with Gasteiger partial charge in [0, 0.05) is 1.37 Å². The first-order valence-corrected chi connectivity index (χ1v) is 9.62. The summed E-state index contributed by atoms with van der Waals surface area (Å²) in [5.41, 5.74) is -0.566. The van der Waals surface area contributed by atoms with Crippen molar-refractivity contribution < 1.29 is 30.0 Å². The number of hydrogen-bond acceptors (Lipinski definition) is 6. The van der Waals surface area contributed by atoms with E-state index in [0.717, 1.165) is 12.8 Å². The van der Waals surface area contributed by atoms with Gasteiger partial charge >= 0.3 is 6.09 Å². The summed E-state index contributed by atoms with van der Waals surface area (Å²) in [6.45, 7) is 7.67. The van der Waals surface area contributed by atoms with E-state index in [1.165, 1.54) is 4.90 Å². The van der Waals surface area contributed by atoms with Gasteiger partial charge in [0.2, 0.25) is 11.8 Å². The molecule has 4 saturated heterocycles. The number of carbonyl (C=O) groups excluding carboxylic acids is 3. The first kappa shape index (κ1) is 17.4. The van der Waals surface area contributed by atoms with E-state index in [1.807, 2.05) is 0 Å². The molecule has 6 rings (SSSR count). The quantitative estimate of drug-likeness (QED) is 0.633. The van der Waals surface area contributed by atoms with E-state index in [9.17, 15) is 14.4 Å². The van der Waals surface area contributed by atoms with Crippen molar-refractivity contribution in [2.24, 2.45) is 11.8 Å². The van der Waals surface area contributed by atoms with Crippen LogP contribution in [0.4, 0.5) is 4.79 Å². The number of ether oxygens (including phenoxy) is 3. The lowest BCUT2D eigenvalue weighted by atomic mass is 10.1. The van der Waals surface area contributed by atoms with Gasteiger partial charge in [0.15, 0.2) is 0 Å². The van der Waals surface area contributed by atoms with E-state index in [1.54, 1.807) is 27.7 Å². The molecule has 8 heteroatoms. The number of hydrogen-bond donors (Lipinski definition) is 1. The molecule has 0 aromatic heterocycles. The maximum atomic E-state index is 11.9. The molecule has 6 fully saturated rings. The normalized spacial score (nSPS) is 44.1. The molecule has 0 spiro atoms. The lowest BCUT2D eigenvalue weighted by Crippen LogP contribution is -2.47. The molecule has 8 atom stereocenters. The summed E-state index contributed by atoms with van der Waals surface area (Å²) in [6, 6.07) is 0.282. The zero-order valence-corrected chi connectivity index (χ0v) is 16.1. The largest absolute Gasteiger partial charge is 0.443 e. The van der Waals surface area contributed by atoms with Crippen molar-refractivity contribution in [3.63, 3.8) is 0 Å². The number of amides is 3. The predicted molar refractivity (Wildman–Crippen MR) is 93.7 cm³/mol. The summed E-state index contributed by atoms with van der Waals surface area (Å²) in [5.74, 6) is 0.180. The Morgan fingerprint density at radius 3 is 2.30 bits per heavy atom. The minimum absolute atomic E-state index is 0.0789. The van der Waals surface area contributed by atoms with Crippen LogP contribution in [0, 0.1) is 11.8 Å². The van der Waals surface area contributed by atoms with Crippen LogP contribution in [0.2, 0.25) is 0 Å². The molecule has 4 aliphatic heterocycles. The monoisotopic (exact) mass is 381 g/mol. The van der Waals surface area contributed by atoms with Crippen LogP contribution in [0.25, 0.3) is 0 Å². The first-order chi connectivity index (χ1) is 13.2. The highest BCUT2D eigenvalue weighted by Crippen LogP contribution is 2.51. The first-order valence-electron chi connectivity index (χ1n) is 10.3. The van der Waals surface area contributed by atoms with Crippen molar-refractivity contribution in [2.45, 2.75) is 89.5 Å². The molecular weight excluding hydrogens is 352 g/mol. The van der Waals surface area contributed by atoms with Gasteiger partial charge in [-0.25, -0.2) is 9.69 Å². The van der Waals surface area contributed by atoms with Crippen LogP contribution in [0.3, 0.4) is 0 Å². The number of piperidine rings is 2. The van der Waals surface area contributed by atoms with Gasteiger partial charge in [-0.1, -0.05) is 13.8 Å². The van der Waals surface area contributed by atoms with Gasteiger partial charge < -0.3 is 19.5 Å². The fourth-order valence-electron chi connectivity index (χ4n) is 4.68. The average molecular weight is 381 g/mol. The maximum Gasteiger partial charge on any atom is 0.417 e. The summed E-state index contributed by atoms with van der Waals surface area (Å²) in [6.07, 6.45) is 2.10. The molecule has 150 valence electrons. The second-order valence-corrected chi connectivity index (χ2v) is 8.69. The van der Waals surface area contributed by atoms with E-state index in [-0.39, 0.29) is 41.9 Å². The molecule has 2 saturated carbocycles. The molecule has 0 aromatic rings. The molecule has 2 aliphatic carbocycles. The SMILES string of the molecule is CC(C)(C)OC(=O)N1C(=O)[C@H]2C[C@@H]1C1OC12.O=C1N[C@@H]2C[C@H]1C1OC12.[2H]CC. The summed E-state index contributed by atoms with van der Waals surface area (Å²) in [4.78, 5) is 35.9. The highest BCUT2D eigenvalue weighted by atomic mass is 16.6. The van der Waals surface area contributed by atoms with Crippen LogP contribution in [0.1, 0.15) is 48.8 Å². The van der Waals surface area contributed by atoms with Gasteiger partial charge in [0.25, 0.3) is 0 Å². The van der Waals surface area contributed by atoms with Crippen LogP contribution in [-0.2, 0) is 23.8 Å². The van der Waals surface area contributed by atoms with Crippen LogP contribution >= 0.6 is 0 Å². The number of likely N-dealkylation sites (tertiary alicyclic amines) is 1. The number of carbonyl (C=O) groups is 3. The molecule has 1 N–H and O–H groups in total. The average Bonchev–Trinajstić information content (AvgIpc) is 3.43. The molecular formula is C19H28N2O6. The fourth-order valence-corrected chi connectivity index (χ4v) is 4.68. The van der Waals surface area contributed by atoms with E-state index >= 15 is 0 Å². The van der Waals surface area contributed by atoms with Crippen molar-refractivity contribution in [3.05, 3.63) is 0 Å². The molecule has 0 aromatic carbocycles. The Hall–Kier alpha value is -1.67. The van der Waals surface area contributed by atoms with Crippen molar-refractivity contribution in [1.29, 1.82) is 0 Å². The minimum atomic E-state index is -0.566. The molecule has 4 bridgehead atoms. The number of fused-ring (bicyclic) bond motifs is 10. The van der Waals surface area contributed by atoms with Gasteiger partial charge in [0.05, 0.1) is 36.1 Å². The van der Waals surface area contributed by atoms with Gasteiger partial charge in [-0.3, -0.25) is 9.59 Å². The number of rotatable bonds is 0. The highest BCUT2D eigenvalue weighted by Gasteiger charge is 2.68. The maximum absolute atomic E-state index is 11.9. The third-order valence-electron chi connectivity index (χ3n) is 5.84. The van der Waals surface area contributed by atoms with Gasteiger partial charge in [-0.15, -0.1) is 0 Å². The highest BCUT2D eigenvalue weighted by molar-refractivity contribution is 5.97. The van der Waals surface area contributed by atoms with Crippen molar-refractivity contribution in [3.8, 4) is 0 Å². The standard InChI is InChI=1S/C11H15NO4.C6H7NO2.C2H6/c1-11(2,3)16-10(14)12-6-4-5(9(12)13)7-8(6)15-7;8-6-2-1-3(7-6)5-4(2)9-5;1-2/h5-8H,4H2,1-3H3;2-5H,1H2,(H,7,8);1-2H3/t5-,6+,7?,8?;2-,3+,4?,5?;/m00./s1/i;;1D. The Bertz CT molecular complexity index is 694. The Morgan fingerprint density at radius 2 is 1.78 bits per heavy atom. The molecule has 8 nitrogen and oxygen atoms in total. The minimum Gasteiger partial charge on any atom is -0.443 e. The van der Waals surface area contributed by atoms with Crippen molar-refractivity contribution in [2.75, 3.05) is 0 Å². The summed E-state index contributed by atoms with van der Waals surface area (Å²) < 4.78 is 22.0. The zero-order valence-electron chi connectivity index (χ0n) is 17.1.